The summed E-state index contributed by atoms with van der Waals surface area (Å²) < 4.78 is 39.1. The Morgan fingerprint density at radius 3 is 2.81 bits per heavy atom. The second kappa shape index (κ2) is 6.38. The van der Waals surface area contributed by atoms with Crippen molar-refractivity contribution in [3.05, 3.63) is 48.0 Å². The summed E-state index contributed by atoms with van der Waals surface area (Å²) in [5, 5.41) is 6.42. The van der Waals surface area contributed by atoms with Crippen LogP contribution in [-0.2, 0) is 24.1 Å². The van der Waals surface area contributed by atoms with E-state index in [9.17, 15) is 18.0 Å². The van der Waals surface area contributed by atoms with Crippen molar-refractivity contribution >= 4 is 5.91 Å². The smallest absolute Gasteiger partial charge is 0.352 e. The number of carbonyl (C=O) groups is 1. The number of carbonyl (C=O) groups excluding carboxylic acids is 1. The molecule has 0 aliphatic rings. The van der Waals surface area contributed by atoms with Gasteiger partial charge in [-0.2, -0.15) is 18.3 Å². The molecule has 1 amide bonds. The average molecular weight is 298 g/mol. The third-order valence-corrected chi connectivity index (χ3v) is 2.78. The molecule has 21 heavy (non-hydrogen) atoms. The predicted octanol–water partition coefficient (Wildman–Crippen LogP) is 2.00. The van der Waals surface area contributed by atoms with Gasteiger partial charge in [0.15, 0.2) is 0 Å². The van der Waals surface area contributed by atoms with Crippen LogP contribution in [0.1, 0.15) is 17.5 Å². The molecule has 0 aliphatic carbocycles. The lowest BCUT2D eigenvalue weighted by Gasteiger charge is -2.09. The Hall–Kier alpha value is -2.38. The fraction of sp³-hybridized carbons (Fsp3) is 0.308. The molecule has 1 heterocycles. The first-order valence-corrected chi connectivity index (χ1v) is 6.20. The standard InChI is InChI=1S/C13H13F3N4O/c14-13(15,16)11-3-1-2-10(6-11)7-18-12(21)4-5-20-9-17-8-19-20/h1-3,6,8-9H,4-5,7H2,(H,18,21). The van der Waals surface area contributed by atoms with Gasteiger partial charge in [0, 0.05) is 13.0 Å². The van der Waals surface area contributed by atoms with Crippen LogP contribution in [0, 0.1) is 0 Å². The highest BCUT2D eigenvalue weighted by atomic mass is 19.4. The lowest BCUT2D eigenvalue weighted by atomic mass is 10.1. The molecule has 2 rings (SSSR count). The molecule has 0 atom stereocenters. The van der Waals surface area contributed by atoms with E-state index in [4.69, 9.17) is 0 Å². The summed E-state index contributed by atoms with van der Waals surface area (Å²) in [5.41, 5.74) is -0.323. The van der Waals surface area contributed by atoms with Gasteiger partial charge in [0.2, 0.25) is 5.91 Å². The molecule has 0 radical (unpaired) electrons. The van der Waals surface area contributed by atoms with E-state index < -0.39 is 11.7 Å². The molecule has 8 heteroatoms. The van der Waals surface area contributed by atoms with E-state index in [0.717, 1.165) is 12.1 Å². The van der Waals surface area contributed by atoms with Crippen LogP contribution < -0.4 is 5.32 Å². The Labute approximate surface area is 118 Å². The van der Waals surface area contributed by atoms with E-state index in [-0.39, 0.29) is 18.9 Å². The van der Waals surface area contributed by atoms with Crippen molar-refractivity contribution in [1.29, 1.82) is 0 Å². The summed E-state index contributed by atoms with van der Waals surface area (Å²) in [6.07, 6.45) is -1.35. The van der Waals surface area contributed by atoms with Crippen LogP contribution in [-0.4, -0.2) is 20.7 Å². The summed E-state index contributed by atoms with van der Waals surface area (Å²) in [6.45, 7) is 0.425. The minimum absolute atomic E-state index is 0.0557. The number of benzene rings is 1. The lowest BCUT2D eigenvalue weighted by molar-refractivity contribution is -0.137. The number of amides is 1. The highest BCUT2D eigenvalue weighted by Gasteiger charge is 2.30. The highest BCUT2D eigenvalue weighted by molar-refractivity contribution is 5.75. The van der Waals surface area contributed by atoms with Gasteiger partial charge in [-0.25, -0.2) is 4.98 Å². The fourth-order valence-electron chi connectivity index (χ4n) is 1.71. The second-order valence-electron chi connectivity index (χ2n) is 4.38. The van der Waals surface area contributed by atoms with Crippen molar-refractivity contribution in [2.45, 2.75) is 25.7 Å². The van der Waals surface area contributed by atoms with Gasteiger partial charge >= 0.3 is 6.18 Å². The maximum Gasteiger partial charge on any atom is 0.416 e. The van der Waals surface area contributed by atoms with Crippen molar-refractivity contribution < 1.29 is 18.0 Å². The summed E-state index contributed by atoms with van der Waals surface area (Å²) in [5.74, 6) is -0.261. The van der Waals surface area contributed by atoms with Crippen LogP contribution in [0.3, 0.4) is 0 Å². The normalized spacial score (nSPS) is 11.4. The van der Waals surface area contributed by atoms with Crippen LogP contribution in [0.4, 0.5) is 13.2 Å². The van der Waals surface area contributed by atoms with Gasteiger partial charge in [-0.15, -0.1) is 0 Å². The zero-order valence-corrected chi connectivity index (χ0v) is 11.0. The van der Waals surface area contributed by atoms with E-state index in [0.29, 0.717) is 12.1 Å². The van der Waals surface area contributed by atoms with E-state index >= 15 is 0 Å². The third kappa shape index (κ3) is 4.59. The van der Waals surface area contributed by atoms with Gasteiger partial charge in [0.1, 0.15) is 12.7 Å². The maximum atomic E-state index is 12.5. The summed E-state index contributed by atoms with van der Waals surface area (Å²) in [6, 6.07) is 4.88. The topological polar surface area (TPSA) is 59.8 Å². The maximum absolute atomic E-state index is 12.5. The average Bonchev–Trinajstić information content (AvgIpc) is 2.95. The first kappa shape index (κ1) is 15.0. The molecule has 0 aliphatic heterocycles. The molecule has 0 bridgehead atoms. The van der Waals surface area contributed by atoms with E-state index in [1.54, 1.807) is 0 Å². The Balaban J connectivity index is 1.83. The molecule has 0 saturated carbocycles. The fourth-order valence-corrected chi connectivity index (χ4v) is 1.71. The van der Waals surface area contributed by atoms with Crippen LogP contribution >= 0.6 is 0 Å². The largest absolute Gasteiger partial charge is 0.416 e. The van der Waals surface area contributed by atoms with Crippen molar-refractivity contribution in [1.82, 2.24) is 20.1 Å². The van der Waals surface area contributed by atoms with Gasteiger partial charge in [-0.05, 0) is 17.7 Å². The number of hydrogen-bond acceptors (Lipinski definition) is 3. The van der Waals surface area contributed by atoms with Crippen LogP contribution in [0.5, 0.6) is 0 Å². The monoisotopic (exact) mass is 298 g/mol. The molecule has 5 nitrogen and oxygen atoms in total. The number of aromatic nitrogens is 3. The Morgan fingerprint density at radius 1 is 1.33 bits per heavy atom. The first-order chi connectivity index (χ1) is 9.95. The molecule has 1 aromatic carbocycles. The van der Waals surface area contributed by atoms with E-state index in [1.165, 1.54) is 29.5 Å². The van der Waals surface area contributed by atoms with Gasteiger partial charge in [0.05, 0.1) is 12.1 Å². The number of rotatable bonds is 5. The number of halogens is 3. The number of hydrogen-bond donors (Lipinski definition) is 1. The Kier molecular flexibility index (Phi) is 4.56. The van der Waals surface area contributed by atoms with Crippen molar-refractivity contribution in [2.24, 2.45) is 0 Å². The quantitative estimate of drug-likeness (QED) is 0.918. The van der Waals surface area contributed by atoms with E-state index in [2.05, 4.69) is 15.4 Å². The molecule has 0 unspecified atom stereocenters. The predicted molar refractivity (Wildman–Crippen MR) is 67.9 cm³/mol. The van der Waals surface area contributed by atoms with Crippen LogP contribution in [0.25, 0.3) is 0 Å². The van der Waals surface area contributed by atoms with Gasteiger partial charge in [-0.1, -0.05) is 12.1 Å². The number of nitrogens with zero attached hydrogens (tertiary/aromatic N) is 3. The van der Waals surface area contributed by atoms with Crippen molar-refractivity contribution in [3.8, 4) is 0 Å². The SMILES string of the molecule is O=C(CCn1cncn1)NCc1cccc(C(F)(F)F)c1. The van der Waals surface area contributed by atoms with Crippen molar-refractivity contribution in [3.63, 3.8) is 0 Å². The number of nitrogens with one attached hydrogen (secondary N) is 1. The summed E-state index contributed by atoms with van der Waals surface area (Å²) >= 11 is 0. The minimum atomic E-state index is -4.38. The molecule has 0 saturated heterocycles. The Bertz CT molecular complexity index is 596. The molecule has 1 N–H and O–H groups in total. The lowest BCUT2D eigenvalue weighted by Crippen LogP contribution is -2.24. The highest BCUT2D eigenvalue weighted by Crippen LogP contribution is 2.29. The summed E-state index contributed by atoms with van der Waals surface area (Å²) in [4.78, 5) is 15.3. The number of aryl methyl sites for hydroxylation is 1. The van der Waals surface area contributed by atoms with Crippen LogP contribution in [0.2, 0.25) is 0 Å². The molecule has 0 spiro atoms. The third-order valence-electron chi connectivity index (χ3n) is 2.78. The first-order valence-electron chi connectivity index (χ1n) is 6.20. The zero-order valence-electron chi connectivity index (χ0n) is 11.0. The molecule has 0 fully saturated rings. The summed E-state index contributed by atoms with van der Waals surface area (Å²) in [7, 11) is 0. The molecule has 112 valence electrons. The van der Waals surface area contributed by atoms with E-state index in [1.807, 2.05) is 0 Å². The Morgan fingerprint density at radius 2 is 2.14 bits per heavy atom. The van der Waals surface area contributed by atoms with Crippen molar-refractivity contribution in [2.75, 3.05) is 0 Å². The second-order valence-corrected chi connectivity index (χ2v) is 4.38. The van der Waals surface area contributed by atoms with Gasteiger partial charge in [0.25, 0.3) is 0 Å². The molecule has 2 aromatic rings. The van der Waals surface area contributed by atoms with Crippen LogP contribution in [0.15, 0.2) is 36.9 Å². The zero-order chi connectivity index (χ0) is 15.3. The molecule has 1 aromatic heterocycles. The van der Waals surface area contributed by atoms with Gasteiger partial charge < -0.3 is 5.32 Å². The molecular formula is C13H13F3N4O. The minimum Gasteiger partial charge on any atom is -0.352 e. The van der Waals surface area contributed by atoms with Gasteiger partial charge in [-0.3, -0.25) is 9.48 Å². The molecular weight excluding hydrogens is 285 g/mol. The number of alkyl halides is 3.